The predicted octanol–water partition coefficient (Wildman–Crippen LogP) is 2.13. The van der Waals surface area contributed by atoms with Crippen molar-refractivity contribution in [2.75, 3.05) is 14.2 Å². The van der Waals surface area contributed by atoms with Crippen LogP contribution in [0.15, 0.2) is 24.3 Å². The van der Waals surface area contributed by atoms with Crippen molar-refractivity contribution in [1.82, 2.24) is 10.2 Å². The number of carbonyl (C=O) groups excluding carboxylic acids is 2. The molecule has 2 rings (SSSR count). The number of ether oxygens (including phenoxy) is 1. The molecule has 1 aliphatic rings. The second kappa shape index (κ2) is 6.81. The Labute approximate surface area is 131 Å². The predicted molar refractivity (Wildman–Crippen MR) is 84.5 cm³/mol. The summed E-state index contributed by atoms with van der Waals surface area (Å²) in [5.74, 6) is 0.625. The summed E-state index contributed by atoms with van der Waals surface area (Å²) in [4.78, 5) is 26.2. The Balaban J connectivity index is 2.30. The van der Waals surface area contributed by atoms with Gasteiger partial charge in [-0.25, -0.2) is 0 Å². The van der Waals surface area contributed by atoms with Crippen LogP contribution in [0.4, 0.5) is 0 Å². The van der Waals surface area contributed by atoms with Crippen molar-refractivity contribution in [3.63, 3.8) is 0 Å². The summed E-state index contributed by atoms with van der Waals surface area (Å²) in [6.07, 6.45) is 0.998. The molecular weight excluding hydrogens is 280 g/mol. The first-order valence-electron chi connectivity index (χ1n) is 7.64. The van der Waals surface area contributed by atoms with E-state index in [-0.39, 0.29) is 29.8 Å². The van der Waals surface area contributed by atoms with Gasteiger partial charge >= 0.3 is 0 Å². The number of piperidine rings is 1. The van der Waals surface area contributed by atoms with Gasteiger partial charge in [0.25, 0.3) is 0 Å². The van der Waals surface area contributed by atoms with Crippen LogP contribution in [0.25, 0.3) is 0 Å². The molecule has 5 nitrogen and oxygen atoms in total. The molecular formula is C17H24N2O3. The molecule has 0 saturated carbocycles. The second-order valence-electron chi connectivity index (χ2n) is 6.03. The van der Waals surface area contributed by atoms with Crippen molar-refractivity contribution in [2.24, 2.45) is 5.92 Å². The minimum Gasteiger partial charge on any atom is -0.497 e. The number of benzene rings is 1. The number of rotatable bonds is 4. The third-order valence-electron chi connectivity index (χ3n) is 4.09. The summed E-state index contributed by atoms with van der Waals surface area (Å²) in [5.41, 5.74) is 0.959. The summed E-state index contributed by atoms with van der Waals surface area (Å²) in [6, 6.07) is 7.43. The molecule has 1 aliphatic heterocycles. The highest BCUT2D eigenvalue weighted by molar-refractivity contribution is 5.85. The van der Waals surface area contributed by atoms with Gasteiger partial charge in [0.2, 0.25) is 11.8 Å². The highest BCUT2D eigenvalue weighted by Crippen LogP contribution is 2.36. The number of hydrogen-bond donors (Lipinski definition) is 1. The Morgan fingerprint density at radius 2 is 1.95 bits per heavy atom. The van der Waals surface area contributed by atoms with E-state index in [9.17, 15) is 9.59 Å². The second-order valence-corrected chi connectivity index (χ2v) is 6.03. The molecule has 1 aromatic rings. The number of hydrogen-bond acceptors (Lipinski definition) is 3. The van der Waals surface area contributed by atoms with E-state index in [2.05, 4.69) is 5.32 Å². The van der Waals surface area contributed by atoms with E-state index >= 15 is 0 Å². The Morgan fingerprint density at radius 3 is 2.50 bits per heavy atom. The first-order valence-corrected chi connectivity index (χ1v) is 7.64. The minimum atomic E-state index is -0.231. The Bertz CT molecular complexity index is 539. The third kappa shape index (κ3) is 3.40. The molecule has 0 radical (unpaired) electrons. The van der Waals surface area contributed by atoms with Crippen molar-refractivity contribution < 1.29 is 14.3 Å². The van der Waals surface area contributed by atoms with Crippen molar-refractivity contribution in [3.05, 3.63) is 29.8 Å². The lowest BCUT2D eigenvalue weighted by molar-refractivity contribution is -0.141. The maximum Gasteiger partial charge on any atom is 0.225 e. The first-order chi connectivity index (χ1) is 10.4. The maximum atomic E-state index is 12.5. The van der Waals surface area contributed by atoms with Crippen molar-refractivity contribution in [1.29, 1.82) is 0 Å². The van der Waals surface area contributed by atoms with Gasteiger partial charge in [-0.15, -0.1) is 0 Å². The fraction of sp³-hybridized carbons (Fsp3) is 0.529. The van der Waals surface area contributed by atoms with E-state index in [1.807, 2.05) is 38.1 Å². The molecule has 0 unspecified atom stereocenters. The molecule has 5 heteroatoms. The summed E-state index contributed by atoms with van der Waals surface area (Å²) >= 11 is 0. The minimum absolute atomic E-state index is 0.00941. The van der Waals surface area contributed by atoms with Crippen LogP contribution in [0.2, 0.25) is 0 Å². The number of methoxy groups -OCH3 is 1. The average Bonchev–Trinajstić information content (AvgIpc) is 2.49. The maximum absolute atomic E-state index is 12.5. The Morgan fingerprint density at radius 1 is 1.32 bits per heavy atom. The smallest absolute Gasteiger partial charge is 0.225 e. The summed E-state index contributed by atoms with van der Waals surface area (Å²) in [6.45, 7) is 3.88. The van der Waals surface area contributed by atoms with Gasteiger partial charge in [-0.1, -0.05) is 12.1 Å². The number of carbonyl (C=O) groups is 2. The number of nitrogens with zero attached hydrogens (tertiary/aromatic N) is 1. The summed E-state index contributed by atoms with van der Waals surface area (Å²) in [5, 5.41) is 2.97. The van der Waals surface area contributed by atoms with Crippen molar-refractivity contribution in [3.8, 4) is 5.75 Å². The molecule has 1 aromatic carbocycles. The van der Waals surface area contributed by atoms with Crippen LogP contribution < -0.4 is 10.1 Å². The molecule has 0 spiro atoms. The van der Waals surface area contributed by atoms with E-state index in [4.69, 9.17) is 4.74 Å². The molecule has 1 heterocycles. The SMILES string of the molecule is COc1ccc([C@H]2[C@H](C(=O)NC(C)C)CCC(=O)N2C)cc1. The molecule has 22 heavy (non-hydrogen) atoms. The standard InChI is InChI=1S/C17H24N2O3/c1-11(2)18-17(21)14-9-10-15(20)19(3)16(14)12-5-7-13(22-4)8-6-12/h5-8,11,14,16H,9-10H2,1-4H3,(H,18,21)/t14-,16+/m1/s1. The van der Waals surface area contributed by atoms with Gasteiger partial charge in [-0.3, -0.25) is 9.59 Å². The summed E-state index contributed by atoms with van der Waals surface area (Å²) < 4.78 is 5.17. The number of nitrogens with one attached hydrogen (secondary N) is 1. The Kier molecular flexibility index (Phi) is 5.06. The van der Waals surface area contributed by atoms with Crippen molar-refractivity contribution in [2.45, 2.75) is 38.8 Å². The molecule has 2 atom stereocenters. The molecule has 0 aromatic heterocycles. The van der Waals surface area contributed by atoms with Crippen LogP contribution >= 0.6 is 0 Å². The normalized spacial score (nSPS) is 21.9. The topological polar surface area (TPSA) is 58.6 Å². The van der Waals surface area contributed by atoms with Crippen LogP contribution in [-0.2, 0) is 9.59 Å². The zero-order valence-electron chi connectivity index (χ0n) is 13.6. The molecule has 2 amide bonds. The quantitative estimate of drug-likeness (QED) is 0.927. The fourth-order valence-corrected chi connectivity index (χ4v) is 2.96. The largest absolute Gasteiger partial charge is 0.497 e. The lowest BCUT2D eigenvalue weighted by atomic mass is 9.84. The van der Waals surface area contributed by atoms with Crippen LogP contribution in [-0.4, -0.2) is 36.9 Å². The highest BCUT2D eigenvalue weighted by Gasteiger charge is 2.38. The van der Waals surface area contributed by atoms with Gasteiger partial charge in [0.1, 0.15) is 5.75 Å². The van der Waals surface area contributed by atoms with Gasteiger partial charge in [0.15, 0.2) is 0 Å². The molecule has 0 bridgehead atoms. The van der Waals surface area contributed by atoms with Crippen LogP contribution in [0.3, 0.4) is 0 Å². The third-order valence-corrected chi connectivity index (χ3v) is 4.09. The van der Waals surface area contributed by atoms with Crippen LogP contribution in [0.1, 0.15) is 38.3 Å². The molecule has 1 fully saturated rings. The van der Waals surface area contributed by atoms with Crippen LogP contribution in [0, 0.1) is 5.92 Å². The van der Waals surface area contributed by atoms with Gasteiger partial charge in [-0.2, -0.15) is 0 Å². The molecule has 0 aliphatic carbocycles. The first kappa shape index (κ1) is 16.3. The monoisotopic (exact) mass is 304 g/mol. The van der Waals surface area contributed by atoms with Crippen LogP contribution in [0.5, 0.6) is 5.75 Å². The molecule has 120 valence electrons. The zero-order chi connectivity index (χ0) is 16.3. The molecule has 1 N–H and O–H groups in total. The Hall–Kier alpha value is -2.04. The van der Waals surface area contributed by atoms with E-state index < -0.39 is 0 Å². The van der Waals surface area contributed by atoms with E-state index in [1.54, 1.807) is 19.1 Å². The zero-order valence-corrected chi connectivity index (χ0v) is 13.6. The summed E-state index contributed by atoms with van der Waals surface area (Å²) in [7, 11) is 3.39. The number of amides is 2. The lowest BCUT2D eigenvalue weighted by Gasteiger charge is -2.38. The van der Waals surface area contributed by atoms with Gasteiger partial charge in [0, 0.05) is 19.5 Å². The lowest BCUT2D eigenvalue weighted by Crippen LogP contribution is -2.47. The average molecular weight is 304 g/mol. The van der Waals surface area contributed by atoms with E-state index in [0.717, 1.165) is 11.3 Å². The van der Waals surface area contributed by atoms with E-state index in [1.165, 1.54) is 0 Å². The van der Waals surface area contributed by atoms with Gasteiger partial charge in [0.05, 0.1) is 19.1 Å². The van der Waals surface area contributed by atoms with Gasteiger partial charge in [-0.05, 0) is 38.0 Å². The van der Waals surface area contributed by atoms with Crippen molar-refractivity contribution >= 4 is 11.8 Å². The van der Waals surface area contributed by atoms with E-state index in [0.29, 0.717) is 12.8 Å². The van der Waals surface area contributed by atoms with Gasteiger partial charge < -0.3 is 15.0 Å². The molecule has 1 saturated heterocycles. The fourth-order valence-electron chi connectivity index (χ4n) is 2.96. The highest BCUT2D eigenvalue weighted by atomic mass is 16.5. The number of likely N-dealkylation sites (tertiary alicyclic amines) is 1.